The summed E-state index contributed by atoms with van der Waals surface area (Å²) in [5, 5.41) is 23.4. The average molecular weight is 299 g/mol. The van der Waals surface area contributed by atoms with E-state index in [1.807, 2.05) is 6.07 Å². The van der Waals surface area contributed by atoms with Crippen molar-refractivity contribution in [1.29, 1.82) is 5.26 Å². The summed E-state index contributed by atoms with van der Waals surface area (Å²) < 4.78 is 0. The Kier molecular flexibility index (Phi) is 3.00. The van der Waals surface area contributed by atoms with Crippen LogP contribution in [-0.4, -0.2) is 28.4 Å². The van der Waals surface area contributed by atoms with Gasteiger partial charge in [-0.15, -0.1) is 0 Å². The van der Waals surface area contributed by atoms with Crippen LogP contribution in [-0.2, 0) is 14.4 Å². The molecular weight excluding hydrogens is 286 g/mol. The van der Waals surface area contributed by atoms with E-state index in [9.17, 15) is 19.5 Å². The summed E-state index contributed by atoms with van der Waals surface area (Å²) >= 11 is 0. The molecule has 7 heteroatoms. The highest BCUT2D eigenvalue weighted by molar-refractivity contribution is 6.09. The monoisotopic (exact) mass is 299 g/mol. The zero-order chi connectivity index (χ0) is 16.1. The number of rotatable bonds is 2. The first-order valence-corrected chi connectivity index (χ1v) is 6.74. The van der Waals surface area contributed by atoms with Crippen LogP contribution in [0, 0.1) is 23.2 Å². The Morgan fingerprint density at radius 2 is 1.91 bits per heavy atom. The third kappa shape index (κ3) is 1.81. The molecule has 7 nitrogen and oxygen atoms in total. The Balaban J connectivity index is 2.05. The molecule has 0 saturated carbocycles. The van der Waals surface area contributed by atoms with Gasteiger partial charge in [-0.05, 0) is 24.6 Å². The van der Waals surface area contributed by atoms with Crippen molar-refractivity contribution >= 4 is 17.8 Å². The molecule has 4 atom stereocenters. The van der Waals surface area contributed by atoms with Crippen LogP contribution in [0.4, 0.5) is 0 Å². The minimum absolute atomic E-state index is 0.464. The maximum Gasteiger partial charge on any atom is 0.324 e. The lowest BCUT2D eigenvalue weighted by molar-refractivity contribution is -0.148. The fourth-order valence-corrected chi connectivity index (χ4v) is 3.32. The second-order valence-electron chi connectivity index (χ2n) is 5.72. The SMILES string of the molecule is CC1(C(=O)O)NC(c2ccc(C#N)cc2)C2C(=O)NC(=O)C21. The fourth-order valence-electron chi connectivity index (χ4n) is 3.32. The summed E-state index contributed by atoms with van der Waals surface area (Å²) in [6.45, 7) is 1.41. The Hall–Kier alpha value is -2.72. The molecule has 0 bridgehead atoms. The number of carbonyl (C=O) groups excluding carboxylic acids is 2. The van der Waals surface area contributed by atoms with Crippen molar-refractivity contribution in [2.45, 2.75) is 18.5 Å². The number of fused-ring (bicyclic) bond motifs is 1. The Morgan fingerprint density at radius 3 is 2.45 bits per heavy atom. The van der Waals surface area contributed by atoms with Gasteiger partial charge in [-0.2, -0.15) is 5.26 Å². The van der Waals surface area contributed by atoms with Gasteiger partial charge in [0.15, 0.2) is 0 Å². The molecule has 3 rings (SSSR count). The van der Waals surface area contributed by atoms with Crippen molar-refractivity contribution in [3.63, 3.8) is 0 Å². The molecule has 3 N–H and O–H groups in total. The highest BCUT2D eigenvalue weighted by atomic mass is 16.4. The first-order chi connectivity index (χ1) is 10.4. The van der Waals surface area contributed by atoms with Crippen molar-refractivity contribution in [3.8, 4) is 6.07 Å². The third-order valence-corrected chi connectivity index (χ3v) is 4.47. The first kappa shape index (κ1) is 14.2. The van der Waals surface area contributed by atoms with Crippen LogP contribution in [0.5, 0.6) is 0 Å². The van der Waals surface area contributed by atoms with Gasteiger partial charge in [0.2, 0.25) is 11.8 Å². The molecule has 2 fully saturated rings. The van der Waals surface area contributed by atoms with E-state index in [1.54, 1.807) is 24.3 Å². The summed E-state index contributed by atoms with van der Waals surface area (Å²) in [5.74, 6) is -3.95. The van der Waals surface area contributed by atoms with Gasteiger partial charge in [-0.1, -0.05) is 12.1 Å². The molecule has 2 amide bonds. The Bertz CT molecular complexity index is 721. The van der Waals surface area contributed by atoms with E-state index >= 15 is 0 Å². The van der Waals surface area contributed by atoms with Gasteiger partial charge >= 0.3 is 5.97 Å². The molecule has 1 aromatic rings. The molecule has 2 aliphatic heterocycles. The van der Waals surface area contributed by atoms with Crippen LogP contribution in [0.3, 0.4) is 0 Å². The zero-order valence-corrected chi connectivity index (χ0v) is 11.7. The molecule has 22 heavy (non-hydrogen) atoms. The van der Waals surface area contributed by atoms with Gasteiger partial charge in [0.1, 0.15) is 5.54 Å². The Morgan fingerprint density at radius 1 is 1.27 bits per heavy atom. The number of nitrogens with zero attached hydrogens (tertiary/aromatic N) is 1. The van der Waals surface area contributed by atoms with Crippen LogP contribution in [0.1, 0.15) is 24.1 Å². The molecule has 4 unspecified atom stereocenters. The minimum atomic E-state index is -1.51. The molecule has 2 saturated heterocycles. The van der Waals surface area contributed by atoms with E-state index in [-0.39, 0.29) is 0 Å². The van der Waals surface area contributed by atoms with E-state index in [0.29, 0.717) is 11.1 Å². The molecule has 0 spiro atoms. The lowest BCUT2D eigenvalue weighted by atomic mass is 9.80. The lowest BCUT2D eigenvalue weighted by Crippen LogP contribution is -2.52. The smallest absolute Gasteiger partial charge is 0.324 e. The maximum absolute atomic E-state index is 12.1. The third-order valence-electron chi connectivity index (χ3n) is 4.47. The predicted octanol–water partition coefficient (Wildman–Crippen LogP) is -0.0653. The number of hydrogen-bond acceptors (Lipinski definition) is 5. The highest BCUT2D eigenvalue weighted by Gasteiger charge is 2.64. The van der Waals surface area contributed by atoms with Crippen molar-refractivity contribution in [1.82, 2.24) is 10.6 Å². The average Bonchev–Trinajstić information content (AvgIpc) is 2.97. The predicted molar refractivity (Wildman–Crippen MR) is 73.2 cm³/mol. The minimum Gasteiger partial charge on any atom is -0.480 e. The summed E-state index contributed by atoms with van der Waals surface area (Å²) in [7, 11) is 0. The van der Waals surface area contributed by atoms with E-state index < -0.39 is 41.2 Å². The van der Waals surface area contributed by atoms with Crippen LogP contribution < -0.4 is 10.6 Å². The molecule has 0 aromatic heterocycles. The van der Waals surface area contributed by atoms with Crippen molar-refractivity contribution in [2.24, 2.45) is 11.8 Å². The van der Waals surface area contributed by atoms with Gasteiger partial charge < -0.3 is 5.11 Å². The normalized spacial score (nSPS) is 33.2. The molecule has 2 aliphatic rings. The largest absolute Gasteiger partial charge is 0.480 e. The number of imide groups is 1. The number of carboxylic acid groups (broad SMARTS) is 1. The summed E-state index contributed by atoms with van der Waals surface area (Å²) in [6, 6.07) is 7.92. The maximum atomic E-state index is 12.1. The van der Waals surface area contributed by atoms with Crippen molar-refractivity contribution in [2.75, 3.05) is 0 Å². The Labute approximate surface area is 125 Å². The standard InChI is InChI=1S/C15H13N3O4/c1-15(14(21)22)10-9(12(19)17-13(10)20)11(18-15)8-4-2-7(6-16)3-5-8/h2-5,9-11,18H,1H3,(H,21,22)(H,17,19,20). The van der Waals surface area contributed by atoms with Crippen LogP contribution in [0.2, 0.25) is 0 Å². The summed E-state index contributed by atoms with van der Waals surface area (Å²) in [4.78, 5) is 35.7. The van der Waals surface area contributed by atoms with Crippen molar-refractivity contribution < 1.29 is 19.5 Å². The van der Waals surface area contributed by atoms with Gasteiger partial charge in [0.05, 0.1) is 23.5 Å². The van der Waals surface area contributed by atoms with Gasteiger partial charge in [-0.3, -0.25) is 25.0 Å². The second-order valence-corrected chi connectivity index (χ2v) is 5.72. The number of nitrogens with one attached hydrogen (secondary N) is 2. The van der Waals surface area contributed by atoms with Crippen LogP contribution in [0.25, 0.3) is 0 Å². The van der Waals surface area contributed by atoms with Gasteiger partial charge in [-0.25, -0.2) is 0 Å². The highest BCUT2D eigenvalue weighted by Crippen LogP contribution is 2.45. The quantitative estimate of drug-likeness (QED) is 0.658. The van der Waals surface area contributed by atoms with E-state index in [1.165, 1.54) is 6.92 Å². The molecule has 2 heterocycles. The van der Waals surface area contributed by atoms with Crippen LogP contribution in [0.15, 0.2) is 24.3 Å². The molecule has 1 aromatic carbocycles. The number of benzene rings is 1. The molecule has 0 radical (unpaired) electrons. The molecule has 0 aliphatic carbocycles. The lowest BCUT2D eigenvalue weighted by Gasteiger charge is -2.24. The zero-order valence-electron chi connectivity index (χ0n) is 11.7. The molecular formula is C15H13N3O4. The number of carbonyl (C=O) groups is 3. The first-order valence-electron chi connectivity index (χ1n) is 6.74. The second kappa shape index (κ2) is 4.64. The fraction of sp³-hybridized carbons (Fsp3) is 0.333. The van der Waals surface area contributed by atoms with Crippen molar-refractivity contribution in [3.05, 3.63) is 35.4 Å². The number of hydrogen-bond donors (Lipinski definition) is 3. The van der Waals surface area contributed by atoms with Gasteiger partial charge in [0.25, 0.3) is 0 Å². The van der Waals surface area contributed by atoms with Gasteiger partial charge in [0, 0.05) is 6.04 Å². The number of aliphatic carboxylic acids is 1. The number of amides is 2. The summed E-state index contributed by atoms with van der Waals surface area (Å²) in [5.41, 5.74) is -0.380. The number of nitriles is 1. The molecule has 112 valence electrons. The summed E-state index contributed by atoms with van der Waals surface area (Å²) in [6.07, 6.45) is 0. The number of carboxylic acids is 1. The topological polar surface area (TPSA) is 119 Å². The van der Waals surface area contributed by atoms with E-state index in [0.717, 1.165) is 0 Å². The van der Waals surface area contributed by atoms with E-state index in [4.69, 9.17) is 5.26 Å². The van der Waals surface area contributed by atoms with Crippen LogP contribution >= 0.6 is 0 Å². The van der Waals surface area contributed by atoms with E-state index in [2.05, 4.69) is 10.6 Å².